The Bertz CT molecular complexity index is 858. The van der Waals surface area contributed by atoms with E-state index in [0.29, 0.717) is 11.4 Å². The second-order valence-electron chi connectivity index (χ2n) is 5.63. The fourth-order valence-electron chi connectivity index (χ4n) is 2.29. The molecule has 0 saturated carbocycles. The lowest BCUT2D eigenvalue weighted by atomic mass is 10.0. The summed E-state index contributed by atoms with van der Waals surface area (Å²) in [6, 6.07) is 0. The van der Waals surface area contributed by atoms with Gasteiger partial charge in [-0.25, -0.2) is 4.99 Å². The largest absolute Gasteiger partial charge is 0.404 e. The summed E-state index contributed by atoms with van der Waals surface area (Å²) in [7, 11) is 1.69. The van der Waals surface area contributed by atoms with Gasteiger partial charge in [-0.05, 0) is 42.4 Å². The quantitative estimate of drug-likeness (QED) is 0.284. The van der Waals surface area contributed by atoms with E-state index >= 15 is 0 Å². The molecule has 0 aromatic rings. The average Bonchev–Trinajstić information content (AvgIpc) is 2.63. The molecule has 0 spiro atoms. The van der Waals surface area contributed by atoms with Crippen molar-refractivity contribution < 1.29 is 0 Å². The van der Waals surface area contributed by atoms with Crippen molar-refractivity contribution in [1.82, 2.24) is 10.6 Å². The summed E-state index contributed by atoms with van der Waals surface area (Å²) < 4.78 is 0. The van der Waals surface area contributed by atoms with E-state index in [0.717, 1.165) is 28.1 Å². The predicted octanol–water partition coefficient (Wildman–Crippen LogP) is 1.74. The fourth-order valence-corrected chi connectivity index (χ4v) is 2.29. The van der Waals surface area contributed by atoms with Gasteiger partial charge in [0.25, 0.3) is 0 Å². The van der Waals surface area contributed by atoms with E-state index in [1.165, 1.54) is 12.4 Å². The summed E-state index contributed by atoms with van der Waals surface area (Å²) in [5.74, 6) is 0.869. The van der Waals surface area contributed by atoms with Gasteiger partial charge in [0.05, 0.1) is 11.4 Å². The SMILES string of the molecule is C=C(C)C(C=N)=CC(N)=NC1=CC=C2NC=C(C(C=NC)=CN)C=C2N1. The van der Waals surface area contributed by atoms with Crippen LogP contribution in [0, 0.1) is 5.41 Å². The molecule has 7 nitrogen and oxygen atoms in total. The van der Waals surface area contributed by atoms with Gasteiger partial charge in [-0.2, -0.15) is 0 Å². The van der Waals surface area contributed by atoms with Crippen molar-refractivity contribution in [3.05, 3.63) is 82.8 Å². The van der Waals surface area contributed by atoms with Gasteiger partial charge in [-0.1, -0.05) is 6.58 Å². The molecular weight excluding hydrogens is 326 g/mol. The second kappa shape index (κ2) is 8.48. The second-order valence-corrected chi connectivity index (χ2v) is 5.63. The monoisotopic (exact) mass is 349 g/mol. The maximum absolute atomic E-state index is 7.38. The molecular formula is C19H23N7. The van der Waals surface area contributed by atoms with Gasteiger partial charge in [0.15, 0.2) is 0 Å². The van der Waals surface area contributed by atoms with Gasteiger partial charge in [0.2, 0.25) is 0 Å². The number of rotatable bonds is 6. The summed E-state index contributed by atoms with van der Waals surface area (Å²) in [4.78, 5) is 8.35. The van der Waals surface area contributed by atoms with E-state index in [1.807, 2.05) is 31.4 Å². The van der Waals surface area contributed by atoms with Crippen molar-refractivity contribution in [2.75, 3.05) is 7.05 Å². The lowest BCUT2D eigenvalue weighted by Gasteiger charge is -2.23. The molecule has 0 atom stereocenters. The third kappa shape index (κ3) is 4.47. The van der Waals surface area contributed by atoms with Gasteiger partial charge in [-0.15, -0.1) is 0 Å². The first-order valence-corrected chi connectivity index (χ1v) is 7.93. The first-order chi connectivity index (χ1) is 12.5. The molecule has 7 N–H and O–H groups in total. The number of nitrogens with one attached hydrogen (secondary N) is 3. The van der Waals surface area contributed by atoms with Gasteiger partial charge in [0, 0.05) is 43.0 Å². The minimum atomic E-state index is 0.280. The zero-order valence-corrected chi connectivity index (χ0v) is 14.9. The zero-order chi connectivity index (χ0) is 19.1. The summed E-state index contributed by atoms with van der Waals surface area (Å²) in [5.41, 5.74) is 16.4. The van der Waals surface area contributed by atoms with E-state index in [9.17, 15) is 0 Å². The van der Waals surface area contributed by atoms with Crippen LogP contribution in [-0.2, 0) is 0 Å². The first-order valence-electron chi connectivity index (χ1n) is 7.93. The zero-order valence-electron chi connectivity index (χ0n) is 14.9. The molecule has 0 amide bonds. The van der Waals surface area contributed by atoms with E-state index in [-0.39, 0.29) is 5.84 Å². The minimum Gasteiger partial charge on any atom is -0.404 e. The number of dihydropyridines is 2. The number of hydrogen-bond acceptors (Lipinski definition) is 6. The number of hydrogen-bond donors (Lipinski definition) is 5. The van der Waals surface area contributed by atoms with Crippen LogP contribution >= 0.6 is 0 Å². The highest BCUT2D eigenvalue weighted by atomic mass is 15.1. The average molecular weight is 349 g/mol. The standard InChI is InChI=1S/C19H23N7/c1-12(2)13(8-20)7-18(22)26-19-5-4-16-17(25-19)6-14(11-24-16)15(9-21)10-23-3/h4-11,20,24-25H,1,21H2,2-3H3,(H2,22,26). The number of nitrogens with zero attached hydrogens (tertiary/aromatic N) is 2. The number of aliphatic imine (C=N–C) groups is 2. The van der Waals surface area contributed by atoms with E-state index in [4.69, 9.17) is 16.9 Å². The predicted molar refractivity (Wildman–Crippen MR) is 109 cm³/mol. The molecule has 0 fully saturated rings. The molecule has 26 heavy (non-hydrogen) atoms. The first kappa shape index (κ1) is 18.7. The maximum Gasteiger partial charge on any atom is 0.132 e. The van der Waals surface area contributed by atoms with Crippen LogP contribution in [-0.4, -0.2) is 25.3 Å². The third-order valence-corrected chi connectivity index (χ3v) is 3.63. The Morgan fingerprint density at radius 3 is 2.69 bits per heavy atom. The number of fused-ring (bicyclic) bond motifs is 1. The highest BCUT2D eigenvalue weighted by Gasteiger charge is 2.16. The summed E-state index contributed by atoms with van der Waals surface area (Å²) in [6.07, 6.45) is 13.5. The molecule has 0 saturated heterocycles. The van der Waals surface area contributed by atoms with E-state index in [1.54, 1.807) is 19.3 Å². The Kier molecular flexibility index (Phi) is 6.10. The van der Waals surface area contributed by atoms with Crippen LogP contribution in [0.3, 0.4) is 0 Å². The van der Waals surface area contributed by atoms with Crippen molar-refractivity contribution in [2.24, 2.45) is 21.5 Å². The molecule has 0 radical (unpaired) electrons. The molecule has 2 rings (SSSR count). The Morgan fingerprint density at radius 1 is 1.31 bits per heavy atom. The topological polar surface area (TPSA) is 125 Å². The Morgan fingerprint density at radius 2 is 2.08 bits per heavy atom. The van der Waals surface area contributed by atoms with E-state index in [2.05, 4.69) is 27.2 Å². The normalized spacial score (nSPS) is 18.0. The molecule has 0 aliphatic carbocycles. The van der Waals surface area contributed by atoms with Crippen LogP contribution in [0.4, 0.5) is 0 Å². The van der Waals surface area contributed by atoms with Crippen LogP contribution in [0.5, 0.6) is 0 Å². The van der Waals surface area contributed by atoms with Crippen LogP contribution < -0.4 is 22.1 Å². The van der Waals surface area contributed by atoms with Crippen molar-refractivity contribution >= 4 is 18.3 Å². The Labute approximate surface area is 153 Å². The molecule has 2 aliphatic heterocycles. The Hall–Kier alpha value is -3.61. The van der Waals surface area contributed by atoms with Crippen molar-refractivity contribution in [2.45, 2.75) is 6.92 Å². The van der Waals surface area contributed by atoms with Gasteiger partial charge in [0.1, 0.15) is 11.7 Å². The number of nitrogens with two attached hydrogens (primary N) is 2. The molecule has 0 unspecified atom stereocenters. The molecule has 2 heterocycles. The highest BCUT2D eigenvalue weighted by molar-refractivity contribution is 5.99. The smallest absolute Gasteiger partial charge is 0.132 e. The number of amidine groups is 1. The molecule has 0 aromatic carbocycles. The summed E-state index contributed by atoms with van der Waals surface area (Å²) >= 11 is 0. The molecule has 7 heteroatoms. The van der Waals surface area contributed by atoms with Crippen LogP contribution in [0.15, 0.2) is 92.8 Å². The highest BCUT2D eigenvalue weighted by Crippen LogP contribution is 2.22. The van der Waals surface area contributed by atoms with E-state index < -0.39 is 0 Å². The fraction of sp³-hybridized carbons (Fsp3) is 0.105. The van der Waals surface area contributed by atoms with Crippen LogP contribution in [0.2, 0.25) is 0 Å². The lowest BCUT2D eigenvalue weighted by Crippen LogP contribution is -2.26. The van der Waals surface area contributed by atoms with Gasteiger partial charge >= 0.3 is 0 Å². The molecule has 2 aliphatic rings. The van der Waals surface area contributed by atoms with Gasteiger partial charge < -0.3 is 27.5 Å². The molecule has 0 bridgehead atoms. The van der Waals surface area contributed by atoms with Crippen molar-refractivity contribution in [3.63, 3.8) is 0 Å². The van der Waals surface area contributed by atoms with Crippen LogP contribution in [0.25, 0.3) is 0 Å². The van der Waals surface area contributed by atoms with Gasteiger partial charge in [-0.3, -0.25) is 4.99 Å². The maximum atomic E-state index is 7.38. The molecule has 134 valence electrons. The number of allylic oxidation sites excluding steroid dienone is 7. The van der Waals surface area contributed by atoms with Crippen molar-refractivity contribution in [3.8, 4) is 0 Å². The summed E-state index contributed by atoms with van der Waals surface area (Å²) in [6.45, 7) is 5.62. The van der Waals surface area contributed by atoms with Crippen LogP contribution in [0.1, 0.15) is 6.92 Å². The summed E-state index contributed by atoms with van der Waals surface area (Å²) in [5, 5.41) is 13.8. The van der Waals surface area contributed by atoms with Crippen molar-refractivity contribution in [1.29, 1.82) is 5.41 Å². The minimum absolute atomic E-state index is 0.280. The molecule has 0 aromatic heterocycles. The third-order valence-electron chi connectivity index (χ3n) is 3.63. The Balaban J connectivity index is 2.25. The lowest BCUT2D eigenvalue weighted by molar-refractivity contribution is 0.875.